The third-order valence-corrected chi connectivity index (χ3v) is 6.78. The Balaban J connectivity index is 2.00. The fourth-order valence-electron chi connectivity index (χ4n) is 4.01. The van der Waals surface area contributed by atoms with Crippen LogP contribution in [0.15, 0.2) is 57.8 Å². The Morgan fingerprint density at radius 1 is 0.935 bits per heavy atom. The molecule has 1 aromatic heterocycles. The molecule has 0 aliphatic carbocycles. The number of nitrogens with zero attached hydrogens (tertiary/aromatic N) is 1. The van der Waals surface area contributed by atoms with Crippen molar-refractivity contribution in [2.75, 3.05) is 5.32 Å². The highest BCUT2D eigenvalue weighted by atomic mass is 79.9. The van der Waals surface area contributed by atoms with Crippen LogP contribution in [-0.4, -0.2) is 10.5 Å². The first-order chi connectivity index (χ1) is 14.9. The number of amides is 1. The first-order valence-electron chi connectivity index (χ1n) is 10.7. The van der Waals surface area contributed by atoms with Gasteiger partial charge in [0.1, 0.15) is 5.56 Å². The number of rotatable bonds is 7. The van der Waals surface area contributed by atoms with Crippen molar-refractivity contribution in [2.24, 2.45) is 0 Å². The van der Waals surface area contributed by atoms with Crippen LogP contribution >= 0.6 is 15.9 Å². The SMILES string of the molecule is CCc1cccc(CC)c1NC(=O)c1c(C)n(CCc2ccccc2)c(C)c(Br)c1=O. The summed E-state index contributed by atoms with van der Waals surface area (Å²) in [7, 11) is 0. The molecule has 0 saturated heterocycles. The molecule has 0 fully saturated rings. The van der Waals surface area contributed by atoms with Crippen LogP contribution in [0.2, 0.25) is 0 Å². The number of pyridine rings is 1. The molecular weight excluding hydrogens is 452 g/mol. The summed E-state index contributed by atoms with van der Waals surface area (Å²) in [6, 6.07) is 16.3. The van der Waals surface area contributed by atoms with Crippen molar-refractivity contribution in [2.45, 2.75) is 53.5 Å². The minimum Gasteiger partial charge on any atom is -0.347 e. The zero-order valence-electron chi connectivity index (χ0n) is 18.6. The number of para-hydroxylation sites is 1. The lowest BCUT2D eigenvalue weighted by molar-refractivity contribution is 0.102. The first kappa shape index (κ1) is 23.0. The van der Waals surface area contributed by atoms with Gasteiger partial charge >= 0.3 is 0 Å². The van der Waals surface area contributed by atoms with E-state index in [0.29, 0.717) is 16.7 Å². The third kappa shape index (κ3) is 4.82. The van der Waals surface area contributed by atoms with Gasteiger partial charge in [-0.3, -0.25) is 9.59 Å². The lowest BCUT2D eigenvalue weighted by atomic mass is 10.0. The van der Waals surface area contributed by atoms with Gasteiger partial charge in [-0.05, 0) is 65.7 Å². The number of hydrogen-bond acceptors (Lipinski definition) is 2. The molecule has 0 radical (unpaired) electrons. The van der Waals surface area contributed by atoms with Gasteiger partial charge in [0.25, 0.3) is 5.91 Å². The van der Waals surface area contributed by atoms with Gasteiger partial charge in [-0.25, -0.2) is 0 Å². The molecular formula is C26H29BrN2O2. The lowest BCUT2D eigenvalue weighted by Crippen LogP contribution is -2.29. The highest BCUT2D eigenvalue weighted by molar-refractivity contribution is 9.10. The summed E-state index contributed by atoms with van der Waals surface area (Å²) >= 11 is 3.44. The molecule has 1 N–H and O–H groups in total. The molecule has 0 bridgehead atoms. The van der Waals surface area contributed by atoms with Crippen LogP contribution in [0.25, 0.3) is 0 Å². The van der Waals surface area contributed by atoms with Gasteiger partial charge in [0.2, 0.25) is 5.43 Å². The van der Waals surface area contributed by atoms with Crippen molar-refractivity contribution in [3.05, 3.63) is 96.9 Å². The van der Waals surface area contributed by atoms with Crippen molar-refractivity contribution < 1.29 is 4.79 Å². The molecule has 0 saturated carbocycles. The van der Waals surface area contributed by atoms with E-state index in [9.17, 15) is 9.59 Å². The standard InChI is InChI=1S/C26H29BrN2O2/c1-5-20-13-10-14-21(6-2)24(20)28-26(31)22-17(3)29(18(4)23(27)25(22)30)16-15-19-11-8-7-9-12-19/h7-14H,5-6,15-16H2,1-4H3,(H,28,31). The Labute approximate surface area is 192 Å². The molecule has 162 valence electrons. The van der Waals surface area contributed by atoms with Gasteiger partial charge in [0, 0.05) is 23.6 Å². The first-order valence-corrected chi connectivity index (χ1v) is 11.5. The molecule has 0 atom stereocenters. The minimum atomic E-state index is -0.354. The summed E-state index contributed by atoms with van der Waals surface area (Å²) in [5.41, 5.74) is 5.62. The maximum absolute atomic E-state index is 13.3. The van der Waals surface area contributed by atoms with Gasteiger partial charge in [-0.15, -0.1) is 0 Å². The van der Waals surface area contributed by atoms with Crippen LogP contribution in [0.1, 0.15) is 52.3 Å². The Morgan fingerprint density at radius 2 is 1.55 bits per heavy atom. The second kappa shape index (κ2) is 10.1. The Hall–Kier alpha value is -2.66. The molecule has 4 nitrogen and oxygen atoms in total. The highest BCUT2D eigenvalue weighted by Crippen LogP contribution is 2.24. The summed E-state index contributed by atoms with van der Waals surface area (Å²) in [5, 5.41) is 3.05. The summed E-state index contributed by atoms with van der Waals surface area (Å²) in [4.78, 5) is 26.4. The molecule has 1 heterocycles. The van der Waals surface area contributed by atoms with Crippen LogP contribution < -0.4 is 10.7 Å². The second-order valence-electron chi connectivity index (χ2n) is 7.69. The number of halogens is 1. The van der Waals surface area contributed by atoms with Crippen molar-refractivity contribution in [3.63, 3.8) is 0 Å². The molecule has 0 aliphatic heterocycles. The molecule has 3 aromatic rings. The Bertz CT molecular complexity index is 1130. The number of anilines is 1. The smallest absolute Gasteiger partial charge is 0.261 e. The maximum Gasteiger partial charge on any atom is 0.261 e. The lowest BCUT2D eigenvalue weighted by Gasteiger charge is -2.20. The summed E-state index contributed by atoms with van der Waals surface area (Å²) < 4.78 is 2.50. The number of nitrogens with one attached hydrogen (secondary N) is 1. The molecule has 0 spiro atoms. The minimum absolute atomic E-state index is 0.193. The number of carbonyl (C=O) groups excluding carboxylic acids is 1. The third-order valence-electron chi connectivity index (χ3n) is 5.85. The monoisotopic (exact) mass is 480 g/mol. The van der Waals surface area contributed by atoms with Gasteiger partial charge < -0.3 is 9.88 Å². The van der Waals surface area contributed by atoms with Gasteiger partial charge in [0.05, 0.1) is 4.47 Å². The van der Waals surface area contributed by atoms with Crippen LogP contribution in [0.4, 0.5) is 5.69 Å². The van der Waals surface area contributed by atoms with Crippen LogP contribution in [0.3, 0.4) is 0 Å². The highest BCUT2D eigenvalue weighted by Gasteiger charge is 2.22. The predicted octanol–water partition coefficient (Wildman–Crippen LogP) is 5.85. The topological polar surface area (TPSA) is 51.1 Å². The number of aryl methyl sites for hydroxylation is 3. The van der Waals surface area contributed by atoms with Crippen molar-refractivity contribution >= 4 is 27.5 Å². The van der Waals surface area contributed by atoms with Crippen molar-refractivity contribution in [1.29, 1.82) is 0 Å². The van der Waals surface area contributed by atoms with Gasteiger partial charge in [-0.1, -0.05) is 62.4 Å². The van der Waals surface area contributed by atoms with E-state index < -0.39 is 0 Å². The maximum atomic E-state index is 13.3. The number of hydrogen-bond donors (Lipinski definition) is 1. The summed E-state index contributed by atoms with van der Waals surface area (Å²) in [6.45, 7) is 8.58. The quantitative estimate of drug-likeness (QED) is 0.461. The fraction of sp³-hybridized carbons (Fsp3) is 0.308. The summed E-state index contributed by atoms with van der Waals surface area (Å²) in [5.74, 6) is -0.354. The van der Waals surface area contributed by atoms with Crippen molar-refractivity contribution in [3.8, 4) is 0 Å². The predicted molar refractivity (Wildman–Crippen MR) is 131 cm³/mol. The van der Waals surface area contributed by atoms with E-state index in [1.165, 1.54) is 5.56 Å². The van der Waals surface area contributed by atoms with Gasteiger partial charge in [-0.2, -0.15) is 0 Å². The summed E-state index contributed by atoms with van der Waals surface area (Å²) in [6.07, 6.45) is 2.43. The van der Waals surface area contributed by atoms with Crippen LogP contribution in [0, 0.1) is 13.8 Å². The molecule has 0 unspecified atom stereocenters. The molecule has 31 heavy (non-hydrogen) atoms. The molecule has 5 heteroatoms. The van der Waals surface area contributed by atoms with Crippen molar-refractivity contribution in [1.82, 2.24) is 4.57 Å². The van der Waals surface area contributed by atoms with Gasteiger partial charge in [0.15, 0.2) is 0 Å². The van der Waals surface area contributed by atoms with E-state index in [4.69, 9.17) is 0 Å². The largest absolute Gasteiger partial charge is 0.347 e. The number of aromatic nitrogens is 1. The average molecular weight is 481 g/mol. The Kier molecular flexibility index (Phi) is 7.50. The second-order valence-corrected chi connectivity index (χ2v) is 8.48. The Morgan fingerprint density at radius 3 is 2.13 bits per heavy atom. The van der Waals surface area contributed by atoms with Crippen LogP contribution in [-0.2, 0) is 25.8 Å². The number of carbonyl (C=O) groups is 1. The normalized spacial score (nSPS) is 10.9. The zero-order chi connectivity index (χ0) is 22.5. The van der Waals surface area contributed by atoms with E-state index in [2.05, 4.69) is 51.8 Å². The molecule has 0 aliphatic rings. The van der Waals surface area contributed by atoms with E-state index >= 15 is 0 Å². The van der Waals surface area contributed by atoms with E-state index in [0.717, 1.165) is 41.8 Å². The van der Waals surface area contributed by atoms with E-state index in [-0.39, 0.29) is 16.9 Å². The molecule has 1 amide bonds. The average Bonchev–Trinajstić information content (AvgIpc) is 2.78. The molecule has 3 rings (SSSR count). The van der Waals surface area contributed by atoms with Crippen LogP contribution in [0.5, 0.6) is 0 Å². The zero-order valence-corrected chi connectivity index (χ0v) is 20.2. The van der Waals surface area contributed by atoms with E-state index in [1.807, 2.05) is 50.2 Å². The fourth-order valence-corrected chi connectivity index (χ4v) is 4.42. The van der Waals surface area contributed by atoms with E-state index in [1.54, 1.807) is 0 Å². The number of benzene rings is 2. The molecule has 2 aromatic carbocycles.